The number of nitrogens with zero attached hydrogens (tertiary/aromatic N) is 1. The van der Waals surface area contributed by atoms with Crippen LogP contribution >= 0.6 is 11.6 Å². The second-order valence-corrected chi connectivity index (χ2v) is 9.16. The minimum atomic E-state index is -3.89. The fourth-order valence-corrected chi connectivity index (χ4v) is 3.79. The van der Waals surface area contributed by atoms with Gasteiger partial charge in [0.2, 0.25) is 10.0 Å². The molecule has 1 heterocycles. The molecular formula is C13H14ClN3O5S2. The highest BCUT2D eigenvalue weighted by atomic mass is 35.5. The zero-order valence-electron chi connectivity index (χ0n) is 12.5. The SMILES string of the molecule is CCS(=O)(=O)c1cnc(CNS(=O)(=O)c2cccc(Cl)c2)c(=O)[nH]1. The first-order chi connectivity index (χ1) is 11.2. The Labute approximate surface area is 143 Å². The van der Waals surface area contributed by atoms with Gasteiger partial charge in [0.15, 0.2) is 14.9 Å². The maximum Gasteiger partial charge on any atom is 0.271 e. The van der Waals surface area contributed by atoms with Gasteiger partial charge in [-0.25, -0.2) is 21.6 Å². The largest absolute Gasteiger partial charge is 0.310 e. The van der Waals surface area contributed by atoms with E-state index in [0.717, 1.165) is 6.20 Å². The lowest BCUT2D eigenvalue weighted by molar-refractivity contribution is 0.578. The number of aromatic nitrogens is 2. The molecule has 0 aliphatic carbocycles. The second kappa shape index (κ2) is 7.01. The van der Waals surface area contributed by atoms with Crippen LogP contribution in [0, 0.1) is 0 Å². The number of nitrogens with one attached hydrogen (secondary N) is 2. The van der Waals surface area contributed by atoms with E-state index in [-0.39, 0.29) is 26.4 Å². The number of hydrogen-bond donors (Lipinski definition) is 2. The predicted octanol–water partition coefficient (Wildman–Crippen LogP) is 0.695. The number of sulfone groups is 1. The van der Waals surface area contributed by atoms with Gasteiger partial charge in [0, 0.05) is 5.02 Å². The Balaban J connectivity index is 2.22. The first kappa shape index (κ1) is 18.6. The summed E-state index contributed by atoms with van der Waals surface area (Å²) in [6.45, 7) is 1.04. The molecule has 0 fully saturated rings. The standard InChI is InChI=1S/C13H14ClN3O5S2/c1-2-23(19,20)12-8-15-11(13(18)17-12)7-16-24(21,22)10-5-3-4-9(14)6-10/h3-6,8,16H,2,7H2,1H3,(H,17,18). The normalized spacial score (nSPS) is 12.2. The highest BCUT2D eigenvalue weighted by molar-refractivity contribution is 7.91. The lowest BCUT2D eigenvalue weighted by Crippen LogP contribution is -2.29. The van der Waals surface area contributed by atoms with E-state index in [1.807, 2.05) is 0 Å². The Morgan fingerprint density at radius 2 is 1.96 bits per heavy atom. The lowest BCUT2D eigenvalue weighted by atomic mass is 10.4. The van der Waals surface area contributed by atoms with E-state index in [2.05, 4.69) is 14.7 Å². The summed E-state index contributed by atoms with van der Waals surface area (Å²) in [7, 11) is -7.49. The summed E-state index contributed by atoms with van der Waals surface area (Å²) in [4.78, 5) is 17.7. The van der Waals surface area contributed by atoms with E-state index in [9.17, 15) is 21.6 Å². The average molecular weight is 392 g/mol. The molecule has 2 rings (SSSR count). The second-order valence-electron chi connectivity index (χ2n) is 4.71. The first-order valence-corrected chi connectivity index (χ1v) is 10.2. The topological polar surface area (TPSA) is 126 Å². The molecule has 0 saturated heterocycles. The van der Waals surface area contributed by atoms with Gasteiger partial charge < -0.3 is 4.98 Å². The Bertz CT molecular complexity index is 1020. The van der Waals surface area contributed by atoms with Crippen molar-refractivity contribution < 1.29 is 16.8 Å². The molecule has 11 heteroatoms. The van der Waals surface area contributed by atoms with Crippen LogP contribution in [0.1, 0.15) is 12.6 Å². The van der Waals surface area contributed by atoms with Gasteiger partial charge in [-0.15, -0.1) is 0 Å². The van der Waals surface area contributed by atoms with Crippen LogP contribution in [0.15, 0.2) is 45.2 Å². The monoisotopic (exact) mass is 391 g/mol. The van der Waals surface area contributed by atoms with Gasteiger partial charge in [0.05, 0.1) is 23.4 Å². The van der Waals surface area contributed by atoms with Crippen LogP contribution in [0.25, 0.3) is 0 Å². The van der Waals surface area contributed by atoms with Crippen molar-refractivity contribution in [2.24, 2.45) is 0 Å². The summed E-state index contributed by atoms with van der Waals surface area (Å²) in [5.74, 6) is -0.189. The summed E-state index contributed by atoms with van der Waals surface area (Å²) in [5, 5.41) is -0.0561. The van der Waals surface area contributed by atoms with Gasteiger partial charge >= 0.3 is 0 Å². The summed E-state index contributed by atoms with van der Waals surface area (Å²) < 4.78 is 49.8. The van der Waals surface area contributed by atoms with E-state index >= 15 is 0 Å². The van der Waals surface area contributed by atoms with E-state index in [0.29, 0.717) is 0 Å². The number of halogens is 1. The quantitative estimate of drug-likeness (QED) is 0.746. The molecule has 24 heavy (non-hydrogen) atoms. The molecule has 1 aromatic carbocycles. The summed E-state index contributed by atoms with van der Waals surface area (Å²) in [6, 6.07) is 5.62. The molecule has 8 nitrogen and oxygen atoms in total. The molecule has 0 atom stereocenters. The number of rotatable bonds is 6. The van der Waals surface area contributed by atoms with Gasteiger partial charge in [-0.2, -0.15) is 0 Å². The molecule has 0 amide bonds. The number of sulfonamides is 1. The van der Waals surface area contributed by atoms with Gasteiger partial charge in [0.25, 0.3) is 5.56 Å². The van der Waals surface area contributed by atoms with Crippen molar-refractivity contribution >= 4 is 31.5 Å². The van der Waals surface area contributed by atoms with Crippen molar-refractivity contribution in [1.82, 2.24) is 14.7 Å². The molecule has 1 aromatic heterocycles. The Morgan fingerprint density at radius 1 is 1.25 bits per heavy atom. The third kappa shape index (κ3) is 4.20. The smallest absolute Gasteiger partial charge is 0.271 e. The average Bonchev–Trinajstić information content (AvgIpc) is 2.53. The maximum absolute atomic E-state index is 12.1. The van der Waals surface area contributed by atoms with Crippen LogP contribution in [-0.4, -0.2) is 32.6 Å². The number of benzene rings is 1. The van der Waals surface area contributed by atoms with E-state index in [1.165, 1.54) is 31.2 Å². The summed E-state index contributed by atoms with van der Waals surface area (Å²) >= 11 is 5.75. The molecule has 2 N–H and O–H groups in total. The number of H-pyrrole nitrogens is 1. The van der Waals surface area contributed by atoms with Gasteiger partial charge in [-0.1, -0.05) is 24.6 Å². The molecule has 2 aromatic rings. The molecule has 130 valence electrons. The van der Waals surface area contributed by atoms with Crippen LogP contribution in [0.5, 0.6) is 0 Å². The zero-order valence-corrected chi connectivity index (χ0v) is 14.9. The van der Waals surface area contributed by atoms with Gasteiger partial charge in [-0.3, -0.25) is 9.78 Å². The molecule has 0 saturated carbocycles. The minimum Gasteiger partial charge on any atom is -0.310 e. The highest BCUT2D eigenvalue weighted by Crippen LogP contribution is 2.15. The van der Waals surface area contributed by atoms with Crippen molar-refractivity contribution in [2.45, 2.75) is 23.4 Å². The Hall–Kier alpha value is -1.75. The Kier molecular flexibility index (Phi) is 5.43. The van der Waals surface area contributed by atoms with Crippen LogP contribution in [0.3, 0.4) is 0 Å². The fraction of sp³-hybridized carbons (Fsp3) is 0.231. The van der Waals surface area contributed by atoms with Crippen LogP contribution in [-0.2, 0) is 26.4 Å². The van der Waals surface area contributed by atoms with Gasteiger partial charge in [0.1, 0.15) is 5.69 Å². The third-order valence-corrected chi connectivity index (χ3v) is 6.36. The van der Waals surface area contributed by atoms with Crippen molar-refractivity contribution in [3.8, 4) is 0 Å². The number of hydrogen-bond acceptors (Lipinski definition) is 6. The predicted molar refractivity (Wildman–Crippen MR) is 88.1 cm³/mol. The van der Waals surface area contributed by atoms with Crippen molar-refractivity contribution in [1.29, 1.82) is 0 Å². The molecule has 0 spiro atoms. The van der Waals surface area contributed by atoms with Crippen LogP contribution in [0.4, 0.5) is 0 Å². The van der Waals surface area contributed by atoms with Crippen LogP contribution in [0.2, 0.25) is 5.02 Å². The van der Waals surface area contributed by atoms with Crippen molar-refractivity contribution in [2.75, 3.05) is 5.75 Å². The number of aromatic amines is 1. The van der Waals surface area contributed by atoms with E-state index in [1.54, 1.807) is 0 Å². The molecule has 0 bridgehead atoms. The highest BCUT2D eigenvalue weighted by Gasteiger charge is 2.17. The van der Waals surface area contributed by atoms with Crippen molar-refractivity contribution in [3.05, 3.63) is 51.5 Å². The molecular weight excluding hydrogens is 378 g/mol. The van der Waals surface area contributed by atoms with Gasteiger partial charge in [-0.05, 0) is 18.2 Å². The summed E-state index contributed by atoms with van der Waals surface area (Å²) in [5.41, 5.74) is -0.936. The minimum absolute atomic E-state index is 0.0587. The Morgan fingerprint density at radius 3 is 2.54 bits per heavy atom. The third-order valence-electron chi connectivity index (χ3n) is 3.09. The lowest BCUT2D eigenvalue weighted by Gasteiger charge is -2.07. The molecule has 0 unspecified atom stereocenters. The molecule has 0 aliphatic rings. The van der Waals surface area contributed by atoms with E-state index < -0.39 is 32.0 Å². The van der Waals surface area contributed by atoms with E-state index in [4.69, 9.17) is 11.6 Å². The van der Waals surface area contributed by atoms with Crippen molar-refractivity contribution in [3.63, 3.8) is 0 Å². The molecule has 0 aliphatic heterocycles. The first-order valence-electron chi connectivity index (χ1n) is 6.72. The fourth-order valence-electron chi connectivity index (χ4n) is 1.73. The molecule has 0 radical (unpaired) electrons. The summed E-state index contributed by atoms with van der Waals surface area (Å²) in [6.07, 6.45) is 0.989. The van der Waals surface area contributed by atoms with Crippen LogP contribution < -0.4 is 10.3 Å². The zero-order chi connectivity index (χ0) is 18.0. The maximum atomic E-state index is 12.1.